The van der Waals surface area contributed by atoms with Crippen LogP contribution in [0.2, 0.25) is 0 Å². The van der Waals surface area contributed by atoms with Crippen molar-refractivity contribution in [2.75, 3.05) is 13.6 Å². The predicted molar refractivity (Wildman–Crippen MR) is 77.3 cm³/mol. The van der Waals surface area contributed by atoms with Gasteiger partial charge in [-0.25, -0.2) is 4.98 Å². The number of hydrogen-bond donors (Lipinski definition) is 0. The molecule has 0 radical (unpaired) electrons. The molecule has 0 aliphatic rings. The third-order valence-electron chi connectivity index (χ3n) is 3.23. The summed E-state index contributed by atoms with van der Waals surface area (Å²) in [6.07, 6.45) is 0. The summed E-state index contributed by atoms with van der Waals surface area (Å²) in [6.45, 7) is 4.79. The van der Waals surface area contributed by atoms with E-state index in [1.54, 1.807) is 11.9 Å². The van der Waals surface area contributed by atoms with Gasteiger partial charge in [0, 0.05) is 13.6 Å². The van der Waals surface area contributed by atoms with Crippen molar-refractivity contribution in [2.24, 2.45) is 0 Å². The zero-order valence-corrected chi connectivity index (χ0v) is 12.2. The monoisotopic (exact) mass is 279 g/mol. The van der Waals surface area contributed by atoms with Crippen molar-refractivity contribution in [3.63, 3.8) is 0 Å². The Morgan fingerprint density at radius 3 is 2.79 bits per heavy atom. The van der Waals surface area contributed by atoms with E-state index in [4.69, 9.17) is 11.6 Å². The maximum absolute atomic E-state index is 12.1. The second-order valence-corrected chi connectivity index (χ2v) is 5.22. The van der Waals surface area contributed by atoms with Crippen LogP contribution in [0.25, 0.3) is 11.0 Å². The van der Waals surface area contributed by atoms with Crippen LogP contribution in [-0.4, -0.2) is 34.0 Å². The van der Waals surface area contributed by atoms with Crippen molar-refractivity contribution in [2.45, 2.75) is 25.8 Å². The number of imidazole rings is 1. The molecule has 2 aromatic rings. The molecule has 1 aromatic heterocycles. The van der Waals surface area contributed by atoms with Gasteiger partial charge in [-0.2, -0.15) is 0 Å². The number of aromatic nitrogens is 2. The maximum Gasteiger partial charge on any atom is 0.242 e. The highest BCUT2D eigenvalue weighted by Crippen LogP contribution is 2.24. The lowest BCUT2D eigenvalue weighted by Crippen LogP contribution is -2.30. The molecule has 0 N–H and O–H groups in total. The Kier molecular flexibility index (Phi) is 4.10. The van der Waals surface area contributed by atoms with E-state index < -0.39 is 0 Å². The number of carbonyl (C=O) groups excluding carboxylic acids is 1. The van der Waals surface area contributed by atoms with Gasteiger partial charge in [0.1, 0.15) is 12.4 Å². The summed E-state index contributed by atoms with van der Waals surface area (Å²) in [5.41, 5.74) is 1.82. The molecule has 0 saturated carbocycles. The molecule has 1 heterocycles. The van der Waals surface area contributed by atoms with Crippen LogP contribution >= 0.6 is 11.6 Å². The summed E-state index contributed by atoms with van der Waals surface area (Å²) < 4.78 is 1.90. The molecular weight excluding hydrogens is 262 g/mol. The van der Waals surface area contributed by atoms with Crippen LogP contribution in [0.3, 0.4) is 0 Å². The molecule has 1 atom stereocenters. The molecule has 19 heavy (non-hydrogen) atoms. The highest BCUT2D eigenvalue weighted by molar-refractivity contribution is 6.20. The summed E-state index contributed by atoms with van der Waals surface area (Å²) in [7, 11) is 1.80. The highest BCUT2D eigenvalue weighted by Gasteiger charge is 2.17. The number of hydrogen-bond acceptors (Lipinski definition) is 2. The second-order valence-electron chi connectivity index (χ2n) is 4.57. The van der Waals surface area contributed by atoms with Crippen molar-refractivity contribution in [1.82, 2.24) is 14.5 Å². The van der Waals surface area contributed by atoms with Gasteiger partial charge in [-0.05, 0) is 26.0 Å². The minimum absolute atomic E-state index is 0.0595. The smallest absolute Gasteiger partial charge is 0.242 e. The maximum atomic E-state index is 12.1. The molecule has 0 spiro atoms. The molecule has 1 unspecified atom stereocenters. The minimum atomic E-state index is -0.230. The first-order valence-corrected chi connectivity index (χ1v) is 6.81. The molecule has 102 valence electrons. The number of fused-ring (bicyclic) bond motifs is 1. The predicted octanol–water partition coefficient (Wildman–Crippen LogP) is 2.81. The first-order chi connectivity index (χ1) is 9.04. The number of alkyl halides is 1. The number of benzene rings is 1. The zero-order valence-electron chi connectivity index (χ0n) is 11.4. The molecule has 1 aromatic carbocycles. The van der Waals surface area contributed by atoms with Gasteiger partial charge in [-0.1, -0.05) is 12.1 Å². The second kappa shape index (κ2) is 5.61. The lowest BCUT2D eigenvalue weighted by molar-refractivity contribution is -0.130. The number of nitrogens with zero attached hydrogens (tertiary/aromatic N) is 3. The van der Waals surface area contributed by atoms with E-state index in [9.17, 15) is 4.79 Å². The standard InChI is InChI=1S/C14H18ClN3O/c1-4-17(3)13(19)9-18-12-8-6-5-7-11(12)16-14(18)10(2)15/h5-8,10H,4,9H2,1-3H3. The minimum Gasteiger partial charge on any atom is -0.344 e. The molecule has 4 nitrogen and oxygen atoms in total. The molecular formula is C14H18ClN3O. The molecule has 0 saturated heterocycles. The fourth-order valence-corrected chi connectivity index (χ4v) is 2.16. The number of carbonyl (C=O) groups is 1. The van der Waals surface area contributed by atoms with Gasteiger partial charge >= 0.3 is 0 Å². The number of likely N-dealkylation sites (N-methyl/N-ethyl adjacent to an activating group) is 1. The van der Waals surface area contributed by atoms with E-state index >= 15 is 0 Å². The average Bonchev–Trinajstić information content (AvgIpc) is 2.77. The van der Waals surface area contributed by atoms with Crippen molar-refractivity contribution in [1.29, 1.82) is 0 Å². The molecule has 2 rings (SSSR count). The first-order valence-electron chi connectivity index (χ1n) is 6.37. The zero-order chi connectivity index (χ0) is 14.0. The topological polar surface area (TPSA) is 38.1 Å². The van der Waals surface area contributed by atoms with Crippen molar-refractivity contribution >= 4 is 28.5 Å². The normalized spacial score (nSPS) is 12.6. The Labute approximate surface area is 118 Å². The number of para-hydroxylation sites is 2. The van der Waals surface area contributed by atoms with Crippen molar-refractivity contribution < 1.29 is 4.79 Å². The van der Waals surface area contributed by atoms with Gasteiger partial charge in [0.15, 0.2) is 0 Å². The fourth-order valence-electron chi connectivity index (χ4n) is 2.00. The molecule has 0 aliphatic heterocycles. The SMILES string of the molecule is CCN(C)C(=O)Cn1c(C(C)Cl)nc2ccccc21. The summed E-state index contributed by atoms with van der Waals surface area (Å²) >= 11 is 6.17. The van der Waals surface area contributed by atoms with Crippen LogP contribution in [-0.2, 0) is 11.3 Å². The quantitative estimate of drug-likeness (QED) is 0.807. The molecule has 1 amide bonds. The summed E-state index contributed by atoms with van der Waals surface area (Å²) in [6, 6.07) is 7.77. The first kappa shape index (κ1) is 13.9. The van der Waals surface area contributed by atoms with Crippen LogP contribution < -0.4 is 0 Å². The third kappa shape index (κ3) is 2.73. The average molecular weight is 280 g/mol. The summed E-state index contributed by atoms with van der Waals surface area (Å²) in [5, 5.41) is -0.230. The van der Waals surface area contributed by atoms with Crippen LogP contribution in [0.4, 0.5) is 0 Å². The Morgan fingerprint density at radius 1 is 1.47 bits per heavy atom. The molecule has 0 fully saturated rings. The van der Waals surface area contributed by atoms with Crippen LogP contribution in [0.1, 0.15) is 25.0 Å². The molecule has 5 heteroatoms. The van der Waals surface area contributed by atoms with Crippen LogP contribution in [0.5, 0.6) is 0 Å². The molecule has 0 aliphatic carbocycles. The number of rotatable bonds is 4. The third-order valence-corrected chi connectivity index (χ3v) is 3.43. The van der Waals surface area contributed by atoms with Gasteiger partial charge in [-0.3, -0.25) is 4.79 Å². The lowest BCUT2D eigenvalue weighted by atomic mass is 10.3. The molecule has 0 bridgehead atoms. The lowest BCUT2D eigenvalue weighted by Gasteiger charge is -2.16. The van der Waals surface area contributed by atoms with Crippen LogP contribution in [0.15, 0.2) is 24.3 Å². The Bertz CT molecular complexity index is 591. The summed E-state index contributed by atoms with van der Waals surface area (Å²) in [4.78, 5) is 18.3. The van der Waals surface area contributed by atoms with Gasteiger partial charge < -0.3 is 9.47 Å². The van der Waals surface area contributed by atoms with Gasteiger partial charge in [-0.15, -0.1) is 11.6 Å². The van der Waals surface area contributed by atoms with E-state index in [0.29, 0.717) is 6.54 Å². The Morgan fingerprint density at radius 2 is 2.16 bits per heavy atom. The van der Waals surface area contributed by atoms with Crippen LogP contribution in [0, 0.1) is 0 Å². The van der Waals surface area contributed by atoms with Gasteiger partial charge in [0.2, 0.25) is 5.91 Å². The Hall–Kier alpha value is -1.55. The van der Waals surface area contributed by atoms with Gasteiger partial charge in [0.25, 0.3) is 0 Å². The number of amides is 1. The number of halogens is 1. The van der Waals surface area contributed by atoms with E-state index in [2.05, 4.69) is 4.98 Å². The van der Waals surface area contributed by atoms with E-state index in [1.165, 1.54) is 0 Å². The summed E-state index contributed by atoms with van der Waals surface area (Å²) in [5.74, 6) is 0.796. The van der Waals surface area contributed by atoms with E-state index in [1.807, 2.05) is 42.7 Å². The van der Waals surface area contributed by atoms with Crippen molar-refractivity contribution in [3.8, 4) is 0 Å². The van der Waals surface area contributed by atoms with Gasteiger partial charge in [0.05, 0.1) is 16.4 Å². The van der Waals surface area contributed by atoms with E-state index in [0.717, 1.165) is 16.9 Å². The highest BCUT2D eigenvalue weighted by atomic mass is 35.5. The Balaban J connectivity index is 2.45. The van der Waals surface area contributed by atoms with E-state index in [-0.39, 0.29) is 17.8 Å². The largest absolute Gasteiger partial charge is 0.344 e. The van der Waals surface area contributed by atoms with Crippen molar-refractivity contribution in [3.05, 3.63) is 30.1 Å². The fraction of sp³-hybridized carbons (Fsp3) is 0.429.